The molecule has 1 aromatic carbocycles. The topological polar surface area (TPSA) is 52.3 Å². The van der Waals surface area contributed by atoms with Crippen molar-refractivity contribution in [1.29, 1.82) is 0 Å². The lowest BCUT2D eigenvalue weighted by Gasteiger charge is -2.15. The van der Waals surface area contributed by atoms with Crippen molar-refractivity contribution in [3.63, 3.8) is 0 Å². The minimum absolute atomic E-state index is 0.101. The molecule has 0 heterocycles. The van der Waals surface area contributed by atoms with Crippen LogP contribution in [0.2, 0.25) is 0 Å². The maximum Gasteiger partial charge on any atom is 0.323 e. The number of benzene rings is 1. The first-order valence-corrected chi connectivity index (χ1v) is 5.49. The zero-order valence-electron chi connectivity index (χ0n) is 10.1. The van der Waals surface area contributed by atoms with E-state index in [1.807, 2.05) is 45.0 Å². The summed E-state index contributed by atoms with van der Waals surface area (Å²) in [5.41, 5.74) is 7.83. The molecule has 1 rings (SSSR count). The summed E-state index contributed by atoms with van der Waals surface area (Å²) in [6.45, 7) is 6.09. The summed E-state index contributed by atoms with van der Waals surface area (Å²) < 4.78 is 5.17. The van der Waals surface area contributed by atoms with Gasteiger partial charge in [-0.1, -0.05) is 38.1 Å². The standard InChI is InChI=1S/C13H19NO2/c1-9(2)12(14)13(15)16-8-11-7-5-4-6-10(11)3/h4-7,9,12H,8,14H2,1-3H3. The SMILES string of the molecule is Cc1ccccc1COC(=O)C(N)C(C)C. The Morgan fingerprint density at radius 1 is 1.38 bits per heavy atom. The second-order valence-corrected chi connectivity index (χ2v) is 4.30. The highest BCUT2D eigenvalue weighted by atomic mass is 16.5. The lowest BCUT2D eigenvalue weighted by molar-refractivity contribution is -0.147. The summed E-state index contributed by atoms with van der Waals surface area (Å²) in [5.74, 6) is -0.234. The number of rotatable bonds is 4. The highest BCUT2D eigenvalue weighted by Crippen LogP contribution is 2.09. The highest BCUT2D eigenvalue weighted by Gasteiger charge is 2.18. The van der Waals surface area contributed by atoms with Gasteiger partial charge in [-0.2, -0.15) is 0 Å². The van der Waals surface area contributed by atoms with Gasteiger partial charge in [-0.15, -0.1) is 0 Å². The third-order valence-electron chi connectivity index (χ3n) is 2.62. The average Bonchev–Trinajstić information content (AvgIpc) is 2.26. The fraction of sp³-hybridized carbons (Fsp3) is 0.462. The molecule has 0 radical (unpaired) electrons. The molecule has 0 aliphatic heterocycles. The molecule has 0 aromatic heterocycles. The van der Waals surface area contributed by atoms with E-state index in [1.54, 1.807) is 0 Å². The number of carbonyl (C=O) groups is 1. The molecule has 0 saturated heterocycles. The Morgan fingerprint density at radius 2 is 2.00 bits per heavy atom. The van der Waals surface area contributed by atoms with Crippen LogP contribution in [0, 0.1) is 12.8 Å². The molecule has 1 atom stereocenters. The fourth-order valence-electron chi connectivity index (χ4n) is 1.29. The van der Waals surface area contributed by atoms with E-state index < -0.39 is 6.04 Å². The third kappa shape index (κ3) is 3.35. The van der Waals surface area contributed by atoms with Crippen molar-refractivity contribution in [1.82, 2.24) is 0 Å². The molecular weight excluding hydrogens is 202 g/mol. The molecule has 0 aliphatic rings. The van der Waals surface area contributed by atoms with E-state index in [2.05, 4.69) is 0 Å². The maximum atomic E-state index is 11.5. The van der Waals surface area contributed by atoms with E-state index in [0.29, 0.717) is 6.61 Å². The van der Waals surface area contributed by atoms with E-state index in [4.69, 9.17) is 10.5 Å². The number of hydrogen-bond donors (Lipinski definition) is 1. The molecule has 0 aliphatic carbocycles. The van der Waals surface area contributed by atoms with Crippen molar-refractivity contribution >= 4 is 5.97 Å². The second-order valence-electron chi connectivity index (χ2n) is 4.30. The summed E-state index contributed by atoms with van der Waals surface area (Å²) in [6, 6.07) is 7.29. The summed E-state index contributed by atoms with van der Waals surface area (Å²) in [7, 11) is 0. The van der Waals surface area contributed by atoms with E-state index in [-0.39, 0.29) is 11.9 Å². The zero-order chi connectivity index (χ0) is 12.1. The predicted octanol–water partition coefficient (Wildman–Crippen LogP) is 2.02. The molecule has 0 amide bonds. The second kappa shape index (κ2) is 5.66. The van der Waals surface area contributed by atoms with Gasteiger partial charge in [0, 0.05) is 0 Å². The first-order chi connectivity index (χ1) is 7.52. The number of aryl methyl sites for hydroxylation is 1. The van der Waals surface area contributed by atoms with Gasteiger partial charge >= 0.3 is 5.97 Å². The predicted molar refractivity (Wildman–Crippen MR) is 63.8 cm³/mol. The van der Waals surface area contributed by atoms with Gasteiger partial charge in [-0.05, 0) is 24.0 Å². The molecular formula is C13H19NO2. The monoisotopic (exact) mass is 221 g/mol. The molecule has 2 N–H and O–H groups in total. The van der Waals surface area contributed by atoms with Crippen LogP contribution in [0.4, 0.5) is 0 Å². The largest absolute Gasteiger partial charge is 0.460 e. The molecule has 3 heteroatoms. The fourth-order valence-corrected chi connectivity index (χ4v) is 1.29. The Morgan fingerprint density at radius 3 is 2.56 bits per heavy atom. The van der Waals surface area contributed by atoms with Crippen molar-refractivity contribution in [3.05, 3.63) is 35.4 Å². The molecule has 16 heavy (non-hydrogen) atoms. The quantitative estimate of drug-likeness (QED) is 0.791. The van der Waals surface area contributed by atoms with E-state index in [0.717, 1.165) is 11.1 Å². The minimum Gasteiger partial charge on any atom is -0.460 e. The number of ether oxygens (including phenoxy) is 1. The third-order valence-corrected chi connectivity index (χ3v) is 2.62. The number of esters is 1. The molecule has 88 valence electrons. The van der Waals surface area contributed by atoms with Crippen LogP contribution < -0.4 is 5.73 Å². The van der Waals surface area contributed by atoms with Gasteiger partial charge in [0.25, 0.3) is 0 Å². The van der Waals surface area contributed by atoms with Gasteiger partial charge in [-0.3, -0.25) is 4.79 Å². The van der Waals surface area contributed by atoms with Crippen molar-refractivity contribution in [2.24, 2.45) is 11.7 Å². The van der Waals surface area contributed by atoms with Gasteiger partial charge < -0.3 is 10.5 Å². The molecule has 3 nitrogen and oxygen atoms in total. The van der Waals surface area contributed by atoms with Crippen molar-refractivity contribution < 1.29 is 9.53 Å². The Labute approximate surface area is 96.6 Å². The normalized spacial score (nSPS) is 12.6. The van der Waals surface area contributed by atoms with Gasteiger partial charge in [0.05, 0.1) is 0 Å². The van der Waals surface area contributed by atoms with Crippen molar-refractivity contribution in [2.75, 3.05) is 0 Å². The zero-order valence-corrected chi connectivity index (χ0v) is 10.1. The van der Waals surface area contributed by atoms with Gasteiger partial charge in [0.15, 0.2) is 0 Å². The van der Waals surface area contributed by atoms with Crippen LogP contribution in [0.1, 0.15) is 25.0 Å². The summed E-state index contributed by atoms with van der Waals surface area (Å²) in [4.78, 5) is 11.5. The van der Waals surface area contributed by atoms with Gasteiger partial charge in [0.1, 0.15) is 12.6 Å². The summed E-state index contributed by atoms with van der Waals surface area (Å²) in [5, 5.41) is 0. The lowest BCUT2D eigenvalue weighted by Crippen LogP contribution is -2.36. The van der Waals surface area contributed by atoms with E-state index in [1.165, 1.54) is 0 Å². The highest BCUT2D eigenvalue weighted by molar-refractivity contribution is 5.75. The first kappa shape index (κ1) is 12.7. The molecule has 1 unspecified atom stereocenters. The van der Waals surface area contributed by atoms with Crippen LogP contribution in [0.3, 0.4) is 0 Å². The molecule has 0 spiro atoms. The van der Waals surface area contributed by atoms with E-state index in [9.17, 15) is 4.79 Å². The van der Waals surface area contributed by atoms with Crippen LogP contribution in [0.25, 0.3) is 0 Å². The Balaban J connectivity index is 2.52. The van der Waals surface area contributed by atoms with Crippen LogP contribution in [-0.2, 0) is 16.1 Å². The average molecular weight is 221 g/mol. The molecule has 0 fully saturated rings. The van der Waals surface area contributed by atoms with Crippen LogP contribution >= 0.6 is 0 Å². The Hall–Kier alpha value is -1.35. The molecule has 0 bridgehead atoms. The summed E-state index contributed by atoms with van der Waals surface area (Å²) >= 11 is 0. The Bertz CT molecular complexity index is 361. The summed E-state index contributed by atoms with van der Waals surface area (Å²) in [6.07, 6.45) is 0. The molecule has 0 saturated carbocycles. The first-order valence-electron chi connectivity index (χ1n) is 5.49. The van der Waals surface area contributed by atoms with Crippen LogP contribution in [0.15, 0.2) is 24.3 Å². The lowest BCUT2D eigenvalue weighted by atomic mass is 10.1. The minimum atomic E-state index is -0.538. The molecule has 1 aromatic rings. The Kier molecular flexibility index (Phi) is 4.50. The van der Waals surface area contributed by atoms with Crippen molar-refractivity contribution in [2.45, 2.75) is 33.4 Å². The van der Waals surface area contributed by atoms with Gasteiger partial charge in [-0.25, -0.2) is 0 Å². The van der Waals surface area contributed by atoms with Crippen LogP contribution in [0.5, 0.6) is 0 Å². The van der Waals surface area contributed by atoms with Crippen LogP contribution in [-0.4, -0.2) is 12.0 Å². The number of hydrogen-bond acceptors (Lipinski definition) is 3. The maximum absolute atomic E-state index is 11.5. The number of carbonyl (C=O) groups excluding carboxylic acids is 1. The number of nitrogens with two attached hydrogens (primary N) is 1. The van der Waals surface area contributed by atoms with E-state index >= 15 is 0 Å². The van der Waals surface area contributed by atoms with Gasteiger partial charge in [0.2, 0.25) is 0 Å². The van der Waals surface area contributed by atoms with Crippen molar-refractivity contribution in [3.8, 4) is 0 Å². The smallest absolute Gasteiger partial charge is 0.323 e.